The van der Waals surface area contributed by atoms with E-state index in [-0.39, 0.29) is 27.4 Å². The minimum atomic E-state index is -2.71. The number of alkyl halides is 2. The van der Waals surface area contributed by atoms with Crippen molar-refractivity contribution < 1.29 is 23.2 Å². The summed E-state index contributed by atoms with van der Waals surface area (Å²) < 4.78 is 25.6. The predicted octanol–water partition coefficient (Wildman–Crippen LogP) is 4.48. The first-order valence-corrected chi connectivity index (χ1v) is 10.7. The van der Waals surface area contributed by atoms with E-state index in [0.717, 1.165) is 24.2 Å². The molecule has 0 atom stereocenters. The van der Waals surface area contributed by atoms with Crippen molar-refractivity contribution in [2.45, 2.75) is 55.2 Å². The molecule has 0 bridgehead atoms. The summed E-state index contributed by atoms with van der Waals surface area (Å²) in [6.45, 7) is 1.61. The van der Waals surface area contributed by atoms with Crippen LogP contribution in [0.15, 0.2) is 23.1 Å². The van der Waals surface area contributed by atoms with E-state index in [0.29, 0.717) is 18.8 Å². The molecule has 1 aliphatic heterocycles. The van der Waals surface area contributed by atoms with Gasteiger partial charge in [0, 0.05) is 0 Å². The predicted molar refractivity (Wildman–Crippen MR) is 107 cm³/mol. The summed E-state index contributed by atoms with van der Waals surface area (Å²) in [5.74, 6) is -3.24. The molecule has 0 unspecified atom stereocenters. The van der Waals surface area contributed by atoms with Crippen LogP contribution in [0.1, 0.15) is 39.0 Å². The van der Waals surface area contributed by atoms with Gasteiger partial charge in [0.1, 0.15) is 12.1 Å². The maximum atomic E-state index is 12.9. The number of benzene rings is 1. The lowest BCUT2D eigenvalue weighted by atomic mass is 9.75. The van der Waals surface area contributed by atoms with Crippen LogP contribution in [0, 0.1) is 5.92 Å². The minimum Gasteiger partial charge on any atom is -0.323 e. The number of urea groups is 1. The highest BCUT2D eigenvalue weighted by Crippen LogP contribution is 2.39. The molecule has 10 heteroatoms. The van der Waals surface area contributed by atoms with Crippen LogP contribution in [0.25, 0.3) is 0 Å². The maximum Gasteiger partial charge on any atom is 0.325 e. The zero-order valence-electron chi connectivity index (χ0n) is 15.8. The van der Waals surface area contributed by atoms with E-state index in [4.69, 9.17) is 11.6 Å². The Balaban J connectivity index is 1.68. The first-order chi connectivity index (χ1) is 13.8. The molecule has 1 spiro atoms. The van der Waals surface area contributed by atoms with Crippen LogP contribution < -0.4 is 10.6 Å². The SMILES string of the molecule is CCC1CCC2(CC1)NC(=O)N(CC(=O)Nc1cccc(Cl)c1SC(F)F)C2=O. The van der Waals surface area contributed by atoms with Crippen LogP contribution in [-0.4, -0.2) is 40.6 Å². The van der Waals surface area contributed by atoms with Gasteiger partial charge in [0.25, 0.3) is 11.7 Å². The summed E-state index contributed by atoms with van der Waals surface area (Å²) in [5, 5.41) is 5.32. The van der Waals surface area contributed by atoms with Crippen molar-refractivity contribution in [1.29, 1.82) is 0 Å². The minimum absolute atomic E-state index is 0.0316. The summed E-state index contributed by atoms with van der Waals surface area (Å²) in [7, 11) is 0. The van der Waals surface area contributed by atoms with Gasteiger partial charge in [0.05, 0.1) is 15.6 Å². The lowest BCUT2D eigenvalue weighted by Gasteiger charge is -2.34. The molecule has 1 saturated carbocycles. The third-order valence-electron chi connectivity index (χ3n) is 5.53. The average molecular weight is 446 g/mol. The number of anilines is 1. The molecule has 2 aliphatic rings. The number of carbonyl (C=O) groups is 3. The number of rotatable bonds is 6. The van der Waals surface area contributed by atoms with Gasteiger partial charge in [0.15, 0.2) is 0 Å². The maximum absolute atomic E-state index is 12.9. The topological polar surface area (TPSA) is 78.5 Å². The van der Waals surface area contributed by atoms with E-state index < -0.39 is 35.7 Å². The smallest absolute Gasteiger partial charge is 0.323 e. The third-order valence-corrected chi connectivity index (χ3v) is 6.81. The highest BCUT2D eigenvalue weighted by Gasteiger charge is 2.52. The van der Waals surface area contributed by atoms with Crippen molar-refractivity contribution in [3.63, 3.8) is 0 Å². The molecule has 2 N–H and O–H groups in total. The zero-order chi connectivity index (χ0) is 21.2. The molecule has 29 heavy (non-hydrogen) atoms. The van der Waals surface area contributed by atoms with Gasteiger partial charge in [-0.25, -0.2) is 4.79 Å². The summed E-state index contributed by atoms with van der Waals surface area (Å²) in [4.78, 5) is 38.6. The lowest BCUT2D eigenvalue weighted by Crippen LogP contribution is -2.49. The molecular formula is C19H22ClF2N3O3S. The van der Waals surface area contributed by atoms with Crippen LogP contribution in [0.4, 0.5) is 19.3 Å². The third kappa shape index (κ3) is 4.66. The van der Waals surface area contributed by atoms with Gasteiger partial charge in [-0.2, -0.15) is 8.78 Å². The monoisotopic (exact) mass is 445 g/mol. The molecule has 6 nitrogen and oxygen atoms in total. The highest BCUT2D eigenvalue weighted by molar-refractivity contribution is 7.99. The number of carbonyl (C=O) groups excluding carboxylic acids is 3. The fourth-order valence-electron chi connectivity index (χ4n) is 3.89. The number of thioether (sulfide) groups is 1. The fraction of sp³-hybridized carbons (Fsp3) is 0.526. The van der Waals surface area contributed by atoms with E-state index in [1.54, 1.807) is 0 Å². The standard InChI is InChI=1S/C19H22ClF2N3O3S/c1-2-11-6-8-19(9-7-11)16(27)25(18(28)24-19)10-14(26)23-13-5-3-4-12(20)15(13)29-17(21)22/h3-5,11,17H,2,6-10H2,1H3,(H,23,26)(H,24,28). The van der Waals surface area contributed by atoms with Crippen molar-refractivity contribution in [3.05, 3.63) is 23.2 Å². The number of nitrogens with one attached hydrogen (secondary N) is 2. The number of hydrogen-bond acceptors (Lipinski definition) is 4. The molecule has 1 aromatic rings. The van der Waals surface area contributed by atoms with Gasteiger partial charge in [0.2, 0.25) is 5.91 Å². The van der Waals surface area contributed by atoms with E-state index in [2.05, 4.69) is 17.6 Å². The van der Waals surface area contributed by atoms with Gasteiger partial charge in [-0.3, -0.25) is 14.5 Å². The first-order valence-electron chi connectivity index (χ1n) is 9.43. The molecule has 4 amide bonds. The van der Waals surface area contributed by atoms with Crippen molar-refractivity contribution in [2.24, 2.45) is 5.92 Å². The van der Waals surface area contributed by atoms with E-state index in [1.807, 2.05) is 0 Å². The first kappa shape index (κ1) is 21.8. The molecule has 1 heterocycles. The highest BCUT2D eigenvalue weighted by atomic mass is 35.5. The number of imide groups is 1. The summed E-state index contributed by atoms with van der Waals surface area (Å²) in [6, 6.07) is 3.79. The van der Waals surface area contributed by atoms with Crippen molar-refractivity contribution >= 4 is 46.9 Å². The molecule has 1 saturated heterocycles. The van der Waals surface area contributed by atoms with Gasteiger partial charge >= 0.3 is 6.03 Å². The van der Waals surface area contributed by atoms with Crippen LogP contribution in [0.3, 0.4) is 0 Å². The normalized spacial score (nSPS) is 24.3. The van der Waals surface area contributed by atoms with Gasteiger partial charge in [-0.05, 0) is 43.7 Å². The molecule has 1 aromatic carbocycles. The molecule has 0 radical (unpaired) electrons. The van der Waals surface area contributed by atoms with Crippen LogP contribution in [0.5, 0.6) is 0 Å². The van der Waals surface area contributed by atoms with Crippen molar-refractivity contribution in [3.8, 4) is 0 Å². The lowest BCUT2D eigenvalue weighted by molar-refractivity contribution is -0.135. The second-order valence-electron chi connectivity index (χ2n) is 7.30. The Kier molecular flexibility index (Phi) is 6.68. The number of halogens is 3. The van der Waals surface area contributed by atoms with Crippen molar-refractivity contribution in [1.82, 2.24) is 10.2 Å². The number of hydrogen-bond donors (Lipinski definition) is 2. The van der Waals surface area contributed by atoms with E-state index in [1.165, 1.54) is 18.2 Å². The molecular weight excluding hydrogens is 424 g/mol. The largest absolute Gasteiger partial charge is 0.325 e. The van der Waals surface area contributed by atoms with Gasteiger partial charge in [-0.15, -0.1) is 0 Å². The number of amides is 4. The molecule has 2 fully saturated rings. The van der Waals surface area contributed by atoms with Gasteiger partial charge < -0.3 is 10.6 Å². The molecule has 1 aliphatic carbocycles. The van der Waals surface area contributed by atoms with Crippen molar-refractivity contribution in [2.75, 3.05) is 11.9 Å². The van der Waals surface area contributed by atoms with E-state index in [9.17, 15) is 23.2 Å². The molecule has 158 valence electrons. The van der Waals surface area contributed by atoms with Crippen LogP contribution >= 0.6 is 23.4 Å². The van der Waals surface area contributed by atoms with E-state index >= 15 is 0 Å². The molecule has 3 rings (SSSR count). The Bertz CT molecular complexity index is 816. The van der Waals surface area contributed by atoms with Gasteiger partial charge in [-0.1, -0.05) is 42.8 Å². The Morgan fingerprint density at radius 1 is 1.38 bits per heavy atom. The number of nitrogens with zero attached hydrogens (tertiary/aromatic N) is 1. The average Bonchev–Trinajstić information content (AvgIpc) is 2.89. The summed E-state index contributed by atoms with van der Waals surface area (Å²) >= 11 is 6.18. The van der Waals surface area contributed by atoms with Crippen LogP contribution in [0.2, 0.25) is 5.02 Å². The quantitative estimate of drug-likeness (QED) is 0.499. The summed E-state index contributed by atoms with van der Waals surface area (Å²) in [6.07, 6.45) is 3.83. The Labute approximate surface area is 176 Å². The second kappa shape index (κ2) is 8.87. The Morgan fingerprint density at radius 2 is 2.07 bits per heavy atom. The molecule has 0 aromatic heterocycles. The summed E-state index contributed by atoms with van der Waals surface area (Å²) in [5.41, 5.74) is -0.825. The van der Waals surface area contributed by atoms with Crippen LogP contribution in [-0.2, 0) is 9.59 Å². The Morgan fingerprint density at radius 3 is 2.69 bits per heavy atom. The second-order valence-corrected chi connectivity index (χ2v) is 8.71. The zero-order valence-corrected chi connectivity index (χ0v) is 17.4. The fourth-order valence-corrected chi connectivity index (χ4v) is 4.80. The Hall–Kier alpha value is -1.87.